The number of fused-ring (bicyclic) bond motifs is 1. The van der Waals surface area contributed by atoms with E-state index in [2.05, 4.69) is 52.1 Å². The van der Waals surface area contributed by atoms with Crippen LogP contribution in [0.5, 0.6) is 0 Å². The second kappa shape index (κ2) is 5.79. The molecular weight excluding hydrogens is 234 g/mol. The van der Waals surface area contributed by atoms with Crippen molar-refractivity contribution in [3.05, 3.63) is 34.6 Å². The number of furan rings is 1. The summed E-state index contributed by atoms with van der Waals surface area (Å²) in [4.78, 5) is 0. The predicted octanol–water partition coefficient (Wildman–Crippen LogP) is 4.67. The van der Waals surface area contributed by atoms with Crippen LogP contribution in [0.4, 0.5) is 0 Å². The third-order valence-corrected chi connectivity index (χ3v) is 3.75. The van der Waals surface area contributed by atoms with Crippen LogP contribution in [0.1, 0.15) is 55.6 Å². The highest BCUT2D eigenvalue weighted by Gasteiger charge is 2.16. The Morgan fingerprint density at radius 3 is 2.58 bits per heavy atom. The normalized spacial score (nSPS) is 11.7. The van der Waals surface area contributed by atoms with Crippen LogP contribution in [-0.2, 0) is 6.54 Å². The maximum Gasteiger partial charge on any atom is 0.138 e. The molecule has 2 aromatic rings. The van der Waals surface area contributed by atoms with Gasteiger partial charge in [-0.05, 0) is 49.4 Å². The third kappa shape index (κ3) is 2.69. The molecule has 1 N–H and O–H groups in total. The number of rotatable bonds is 5. The van der Waals surface area contributed by atoms with Gasteiger partial charge in [-0.25, -0.2) is 0 Å². The quantitative estimate of drug-likeness (QED) is 0.789. The molecule has 0 aliphatic carbocycles. The van der Waals surface area contributed by atoms with Gasteiger partial charge < -0.3 is 9.73 Å². The summed E-state index contributed by atoms with van der Waals surface area (Å²) >= 11 is 0. The van der Waals surface area contributed by atoms with Crippen molar-refractivity contribution < 1.29 is 4.42 Å². The molecule has 0 aliphatic heterocycles. The van der Waals surface area contributed by atoms with Crippen LogP contribution >= 0.6 is 0 Å². The van der Waals surface area contributed by atoms with Gasteiger partial charge in [0.05, 0.1) is 6.54 Å². The molecule has 0 amide bonds. The minimum Gasteiger partial charge on any atom is -0.459 e. The van der Waals surface area contributed by atoms with Crippen LogP contribution in [0.2, 0.25) is 0 Å². The third-order valence-electron chi connectivity index (χ3n) is 3.75. The minimum atomic E-state index is 0.491. The first-order chi connectivity index (χ1) is 9.06. The Balaban J connectivity index is 2.48. The predicted molar refractivity (Wildman–Crippen MR) is 81.8 cm³/mol. The van der Waals surface area contributed by atoms with E-state index in [1.54, 1.807) is 0 Å². The Morgan fingerprint density at radius 1 is 1.21 bits per heavy atom. The van der Waals surface area contributed by atoms with E-state index < -0.39 is 0 Å². The van der Waals surface area contributed by atoms with E-state index in [0.29, 0.717) is 5.92 Å². The molecule has 0 unspecified atom stereocenters. The van der Waals surface area contributed by atoms with E-state index >= 15 is 0 Å². The standard InChI is InChI=1S/C17H25NO/c1-6-9-18-10-15-13(5)16-12(4)7-8-14(11(2)3)17(16)19-15/h7-8,11,18H,6,9-10H2,1-5H3. The van der Waals surface area contributed by atoms with Gasteiger partial charge in [0.25, 0.3) is 0 Å². The molecule has 1 heterocycles. The molecule has 1 aromatic heterocycles. The first-order valence-electron chi connectivity index (χ1n) is 7.28. The first-order valence-corrected chi connectivity index (χ1v) is 7.28. The van der Waals surface area contributed by atoms with Gasteiger partial charge in [-0.2, -0.15) is 0 Å². The lowest BCUT2D eigenvalue weighted by molar-refractivity contribution is 0.506. The highest BCUT2D eigenvalue weighted by atomic mass is 16.3. The van der Waals surface area contributed by atoms with Gasteiger partial charge in [0, 0.05) is 5.39 Å². The van der Waals surface area contributed by atoms with E-state index in [9.17, 15) is 0 Å². The summed E-state index contributed by atoms with van der Waals surface area (Å²) in [6.07, 6.45) is 1.15. The van der Waals surface area contributed by atoms with Gasteiger partial charge in [0.2, 0.25) is 0 Å². The highest BCUT2D eigenvalue weighted by Crippen LogP contribution is 2.33. The van der Waals surface area contributed by atoms with Crippen molar-refractivity contribution in [2.75, 3.05) is 6.54 Å². The van der Waals surface area contributed by atoms with Crippen LogP contribution in [0, 0.1) is 13.8 Å². The zero-order valence-corrected chi connectivity index (χ0v) is 12.8. The van der Waals surface area contributed by atoms with Crippen molar-refractivity contribution in [1.29, 1.82) is 0 Å². The summed E-state index contributed by atoms with van der Waals surface area (Å²) in [6, 6.07) is 4.41. The Morgan fingerprint density at radius 2 is 1.95 bits per heavy atom. The second-order valence-corrected chi connectivity index (χ2v) is 5.66. The number of benzene rings is 1. The second-order valence-electron chi connectivity index (χ2n) is 5.66. The summed E-state index contributed by atoms with van der Waals surface area (Å²) in [7, 11) is 0. The maximum absolute atomic E-state index is 6.16. The molecule has 0 aliphatic rings. The SMILES string of the molecule is CCCNCc1oc2c(C(C)C)ccc(C)c2c1C. The Hall–Kier alpha value is -1.28. The Kier molecular flexibility index (Phi) is 4.31. The Labute approximate surface area is 116 Å². The molecule has 0 fully saturated rings. The summed E-state index contributed by atoms with van der Waals surface area (Å²) in [5.41, 5.74) is 4.99. The van der Waals surface area contributed by atoms with Gasteiger partial charge in [-0.1, -0.05) is 32.9 Å². The molecule has 0 atom stereocenters. The fraction of sp³-hybridized carbons (Fsp3) is 0.529. The van der Waals surface area contributed by atoms with Gasteiger partial charge in [-0.3, -0.25) is 0 Å². The molecule has 0 bridgehead atoms. The van der Waals surface area contributed by atoms with Gasteiger partial charge >= 0.3 is 0 Å². The van der Waals surface area contributed by atoms with Gasteiger partial charge in [0.15, 0.2) is 0 Å². The van der Waals surface area contributed by atoms with Crippen molar-refractivity contribution in [2.24, 2.45) is 0 Å². The van der Waals surface area contributed by atoms with Crippen molar-refractivity contribution in [2.45, 2.75) is 53.5 Å². The van der Waals surface area contributed by atoms with E-state index in [0.717, 1.165) is 30.9 Å². The topological polar surface area (TPSA) is 25.2 Å². The first kappa shape index (κ1) is 14.1. The van der Waals surface area contributed by atoms with Crippen LogP contribution in [0.15, 0.2) is 16.5 Å². The molecule has 19 heavy (non-hydrogen) atoms. The summed E-state index contributed by atoms with van der Waals surface area (Å²) < 4.78 is 6.16. The Bertz CT molecular complexity index is 566. The number of hydrogen-bond donors (Lipinski definition) is 1. The molecule has 104 valence electrons. The lowest BCUT2D eigenvalue weighted by Crippen LogP contribution is -2.13. The van der Waals surface area contributed by atoms with Crippen LogP contribution in [0.3, 0.4) is 0 Å². The summed E-state index contributed by atoms with van der Waals surface area (Å²) in [5.74, 6) is 1.57. The maximum atomic E-state index is 6.16. The van der Waals surface area contributed by atoms with Crippen LogP contribution < -0.4 is 5.32 Å². The molecule has 2 nitrogen and oxygen atoms in total. The molecule has 1 aromatic carbocycles. The van der Waals surface area contributed by atoms with Crippen molar-refractivity contribution in [3.8, 4) is 0 Å². The van der Waals surface area contributed by atoms with Crippen molar-refractivity contribution in [3.63, 3.8) is 0 Å². The molecular formula is C17H25NO. The van der Waals surface area contributed by atoms with Crippen LogP contribution in [-0.4, -0.2) is 6.54 Å². The van der Waals surface area contributed by atoms with Crippen molar-refractivity contribution in [1.82, 2.24) is 5.32 Å². The lowest BCUT2D eigenvalue weighted by Gasteiger charge is -2.07. The monoisotopic (exact) mass is 259 g/mol. The van der Waals surface area contributed by atoms with Gasteiger partial charge in [-0.15, -0.1) is 0 Å². The molecule has 0 saturated carbocycles. The number of aryl methyl sites for hydroxylation is 2. The number of hydrogen-bond acceptors (Lipinski definition) is 2. The molecule has 2 heteroatoms. The van der Waals surface area contributed by atoms with E-state index in [-0.39, 0.29) is 0 Å². The zero-order chi connectivity index (χ0) is 14.0. The fourth-order valence-electron chi connectivity index (χ4n) is 2.61. The molecule has 0 radical (unpaired) electrons. The number of nitrogens with one attached hydrogen (secondary N) is 1. The van der Waals surface area contributed by atoms with Gasteiger partial charge in [0.1, 0.15) is 11.3 Å². The fourth-order valence-corrected chi connectivity index (χ4v) is 2.61. The lowest BCUT2D eigenvalue weighted by atomic mass is 9.97. The van der Waals surface area contributed by atoms with Crippen molar-refractivity contribution >= 4 is 11.0 Å². The minimum absolute atomic E-state index is 0.491. The molecule has 0 spiro atoms. The average Bonchev–Trinajstić information content (AvgIpc) is 2.68. The van der Waals surface area contributed by atoms with Crippen LogP contribution in [0.25, 0.3) is 11.0 Å². The van der Waals surface area contributed by atoms with E-state index in [1.165, 1.54) is 22.1 Å². The average molecular weight is 259 g/mol. The zero-order valence-electron chi connectivity index (χ0n) is 12.8. The smallest absolute Gasteiger partial charge is 0.138 e. The van der Waals surface area contributed by atoms with E-state index in [1.807, 2.05) is 0 Å². The molecule has 0 saturated heterocycles. The highest BCUT2D eigenvalue weighted by molar-refractivity contribution is 5.88. The van der Waals surface area contributed by atoms with E-state index in [4.69, 9.17) is 4.42 Å². The molecule has 2 rings (SSSR count). The summed E-state index contributed by atoms with van der Waals surface area (Å²) in [5, 5.41) is 4.73. The largest absolute Gasteiger partial charge is 0.459 e. The summed E-state index contributed by atoms with van der Waals surface area (Å²) in [6.45, 7) is 12.8.